The van der Waals surface area contributed by atoms with Gasteiger partial charge in [-0.15, -0.1) is 0 Å². The van der Waals surface area contributed by atoms with Gasteiger partial charge in [-0.25, -0.2) is 0 Å². The van der Waals surface area contributed by atoms with Crippen molar-refractivity contribution >= 4 is 6.29 Å². The highest BCUT2D eigenvalue weighted by atomic mass is 16.7. The lowest BCUT2D eigenvalue weighted by molar-refractivity contribution is 0.0442. The zero-order chi connectivity index (χ0) is 14.3. The molecule has 0 aliphatic rings. The first-order valence-corrected chi connectivity index (χ1v) is 6.00. The van der Waals surface area contributed by atoms with E-state index in [1.165, 1.54) is 0 Å². The fourth-order valence-corrected chi connectivity index (χ4v) is 1.74. The van der Waals surface area contributed by atoms with E-state index in [9.17, 15) is 4.79 Å². The fraction of sp³-hybridized carbons (Fsp3) is 0.500. The summed E-state index contributed by atoms with van der Waals surface area (Å²) in [5, 5.41) is 0. The summed E-state index contributed by atoms with van der Waals surface area (Å²) in [6.07, 6.45) is 0.753. The van der Waals surface area contributed by atoms with Crippen molar-refractivity contribution in [3.8, 4) is 11.5 Å². The zero-order valence-electron chi connectivity index (χ0n) is 11.8. The highest BCUT2D eigenvalue weighted by Gasteiger charge is 2.17. The molecule has 5 nitrogen and oxygen atoms in total. The quantitative estimate of drug-likeness (QED) is 0.536. The van der Waals surface area contributed by atoms with Crippen LogP contribution < -0.4 is 9.47 Å². The summed E-state index contributed by atoms with van der Waals surface area (Å²) in [6.45, 7) is 4.28. The van der Waals surface area contributed by atoms with Crippen molar-refractivity contribution in [3.63, 3.8) is 0 Å². The van der Waals surface area contributed by atoms with E-state index < -0.39 is 0 Å². The third kappa shape index (κ3) is 4.22. The van der Waals surface area contributed by atoms with Gasteiger partial charge in [-0.1, -0.05) is 13.8 Å². The molecule has 0 N–H and O–H groups in total. The van der Waals surface area contributed by atoms with E-state index in [4.69, 9.17) is 18.9 Å². The van der Waals surface area contributed by atoms with Gasteiger partial charge < -0.3 is 18.9 Å². The first-order valence-electron chi connectivity index (χ1n) is 6.00. The Balaban J connectivity index is 3.19. The van der Waals surface area contributed by atoms with Crippen molar-refractivity contribution in [2.75, 3.05) is 27.8 Å². The molecule has 0 spiro atoms. The average molecular weight is 268 g/mol. The smallest absolute Gasteiger partial charge is 0.188 e. The van der Waals surface area contributed by atoms with Gasteiger partial charge in [0, 0.05) is 25.3 Å². The van der Waals surface area contributed by atoms with E-state index >= 15 is 0 Å². The molecule has 1 rings (SSSR count). The SMILES string of the molecule is COCOc1cc(C=O)cc(OCOC)c1C(C)C. The molecular weight excluding hydrogens is 248 g/mol. The highest BCUT2D eigenvalue weighted by Crippen LogP contribution is 2.36. The highest BCUT2D eigenvalue weighted by molar-refractivity contribution is 5.77. The van der Waals surface area contributed by atoms with Crippen molar-refractivity contribution in [2.24, 2.45) is 0 Å². The summed E-state index contributed by atoms with van der Waals surface area (Å²) < 4.78 is 20.8. The maximum atomic E-state index is 11.0. The molecule has 5 heteroatoms. The summed E-state index contributed by atoms with van der Waals surface area (Å²) in [4.78, 5) is 11.0. The van der Waals surface area contributed by atoms with Crippen molar-refractivity contribution in [2.45, 2.75) is 19.8 Å². The van der Waals surface area contributed by atoms with Crippen molar-refractivity contribution in [1.82, 2.24) is 0 Å². The predicted octanol–water partition coefficient (Wildman–Crippen LogP) is 2.59. The van der Waals surface area contributed by atoms with Crippen LogP contribution in [0.4, 0.5) is 0 Å². The minimum atomic E-state index is 0.117. The Labute approximate surface area is 113 Å². The standard InChI is InChI=1S/C14H20O5/c1-10(2)14-12(18-8-16-3)5-11(7-15)6-13(14)19-9-17-4/h5-7,10H,8-9H2,1-4H3. The Bertz CT molecular complexity index is 385. The Morgan fingerprint density at radius 1 is 1.05 bits per heavy atom. The molecule has 0 saturated carbocycles. The number of ether oxygens (including phenoxy) is 4. The van der Waals surface area contributed by atoms with Crippen molar-refractivity contribution in [1.29, 1.82) is 0 Å². The summed E-state index contributed by atoms with van der Waals surface area (Å²) in [6, 6.07) is 3.36. The molecule has 0 atom stereocenters. The van der Waals surface area contributed by atoms with E-state index in [0.717, 1.165) is 11.8 Å². The van der Waals surface area contributed by atoms with Gasteiger partial charge >= 0.3 is 0 Å². The fourth-order valence-electron chi connectivity index (χ4n) is 1.74. The predicted molar refractivity (Wildman–Crippen MR) is 70.9 cm³/mol. The molecule has 19 heavy (non-hydrogen) atoms. The first-order chi connectivity index (χ1) is 9.13. The first kappa shape index (κ1) is 15.5. The van der Waals surface area contributed by atoms with Crippen LogP contribution in [0.5, 0.6) is 11.5 Å². The third-order valence-electron chi connectivity index (χ3n) is 2.50. The van der Waals surface area contributed by atoms with E-state index in [-0.39, 0.29) is 19.5 Å². The Morgan fingerprint density at radius 3 is 1.84 bits per heavy atom. The van der Waals surface area contributed by atoms with Crippen LogP contribution >= 0.6 is 0 Å². The number of carbonyl (C=O) groups excluding carboxylic acids is 1. The Hall–Kier alpha value is -1.59. The Morgan fingerprint density at radius 2 is 1.53 bits per heavy atom. The van der Waals surface area contributed by atoms with Crippen LogP contribution in [0, 0.1) is 0 Å². The van der Waals surface area contributed by atoms with Gasteiger partial charge in [-0.2, -0.15) is 0 Å². The number of hydrogen-bond donors (Lipinski definition) is 0. The Kier molecular flexibility index (Phi) is 6.32. The normalized spacial score (nSPS) is 10.6. The number of aldehydes is 1. The molecule has 1 aromatic rings. The molecule has 0 radical (unpaired) electrons. The van der Waals surface area contributed by atoms with Gasteiger partial charge in [-0.05, 0) is 18.1 Å². The minimum Gasteiger partial charge on any atom is -0.467 e. The van der Waals surface area contributed by atoms with Gasteiger partial charge in [0.15, 0.2) is 13.6 Å². The van der Waals surface area contributed by atoms with Gasteiger partial charge in [0.2, 0.25) is 0 Å². The number of carbonyl (C=O) groups is 1. The molecule has 0 heterocycles. The molecule has 0 aliphatic heterocycles. The van der Waals surface area contributed by atoms with Gasteiger partial charge in [0.1, 0.15) is 17.8 Å². The molecule has 0 unspecified atom stereocenters. The number of benzene rings is 1. The van der Waals surface area contributed by atoms with Crippen molar-refractivity contribution < 1.29 is 23.7 Å². The van der Waals surface area contributed by atoms with E-state index in [0.29, 0.717) is 17.1 Å². The molecule has 106 valence electrons. The molecule has 0 amide bonds. The van der Waals surface area contributed by atoms with Gasteiger partial charge in [0.05, 0.1) is 0 Å². The van der Waals surface area contributed by atoms with Gasteiger partial charge in [-0.3, -0.25) is 4.79 Å². The summed E-state index contributed by atoms with van der Waals surface area (Å²) in [5.74, 6) is 1.36. The molecular formula is C14H20O5. The van der Waals surface area contributed by atoms with Crippen LogP contribution in [-0.4, -0.2) is 34.1 Å². The van der Waals surface area contributed by atoms with Crippen molar-refractivity contribution in [3.05, 3.63) is 23.3 Å². The van der Waals surface area contributed by atoms with Crippen LogP contribution in [0.1, 0.15) is 35.7 Å². The lowest BCUT2D eigenvalue weighted by Gasteiger charge is -2.18. The number of hydrogen-bond acceptors (Lipinski definition) is 5. The number of rotatable bonds is 8. The number of methoxy groups -OCH3 is 2. The molecule has 1 aromatic carbocycles. The van der Waals surface area contributed by atoms with E-state index in [1.54, 1.807) is 26.4 Å². The summed E-state index contributed by atoms with van der Waals surface area (Å²) in [5.41, 5.74) is 1.38. The van der Waals surface area contributed by atoms with Crippen LogP contribution in [0.3, 0.4) is 0 Å². The zero-order valence-corrected chi connectivity index (χ0v) is 11.8. The van der Waals surface area contributed by atoms with E-state index in [1.807, 2.05) is 13.8 Å². The van der Waals surface area contributed by atoms with Crippen LogP contribution in [0.25, 0.3) is 0 Å². The van der Waals surface area contributed by atoms with Crippen LogP contribution in [0.15, 0.2) is 12.1 Å². The molecule has 0 aliphatic carbocycles. The second-order valence-corrected chi connectivity index (χ2v) is 4.31. The average Bonchev–Trinajstić information content (AvgIpc) is 2.41. The van der Waals surface area contributed by atoms with Crippen LogP contribution in [-0.2, 0) is 9.47 Å². The minimum absolute atomic E-state index is 0.117. The monoisotopic (exact) mass is 268 g/mol. The largest absolute Gasteiger partial charge is 0.467 e. The lowest BCUT2D eigenvalue weighted by atomic mass is 9.99. The molecule has 0 fully saturated rings. The maximum absolute atomic E-state index is 11.0. The molecule has 0 aromatic heterocycles. The molecule has 0 bridgehead atoms. The van der Waals surface area contributed by atoms with Crippen LogP contribution in [0.2, 0.25) is 0 Å². The summed E-state index contributed by atoms with van der Waals surface area (Å²) in [7, 11) is 3.09. The van der Waals surface area contributed by atoms with E-state index in [2.05, 4.69) is 0 Å². The topological polar surface area (TPSA) is 54.0 Å². The maximum Gasteiger partial charge on any atom is 0.188 e. The lowest BCUT2D eigenvalue weighted by Crippen LogP contribution is -2.08. The van der Waals surface area contributed by atoms with Gasteiger partial charge in [0.25, 0.3) is 0 Å². The second kappa shape index (κ2) is 7.76. The second-order valence-electron chi connectivity index (χ2n) is 4.31. The molecule has 0 saturated heterocycles. The summed E-state index contributed by atoms with van der Waals surface area (Å²) >= 11 is 0. The third-order valence-corrected chi connectivity index (χ3v) is 2.50.